The Hall–Kier alpha value is -1.22. The maximum Gasteiger partial charge on any atom is 0.182 e. The van der Waals surface area contributed by atoms with Crippen LogP contribution < -0.4 is 0 Å². The van der Waals surface area contributed by atoms with Crippen molar-refractivity contribution in [2.75, 3.05) is 13.1 Å². The van der Waals surface area contributed by atoms with Crippen molar-refractivity contribution in [3.05, 3.63) is 35.1 Å². The monoisotopic (exact) mass is 277 g/mol. The lowest BCUT2D eigenvalue weighted by Gasteiger charge is -2.36. The lowest BCUT2D eigenvalue weighted by molar-refractivity contribution is 0.0649. The van der Waals surface area contributed by atoms with E-state index in [0.29, 0.717) is 11.1 Å². The summed E-state index contributed by atoms with van der Waals surface area (Å²) in [6.45, 7) is 7.61. The molecule has 0 saturated carbocycles. The lowest BCUT2D eigenvalue weighted by atomic mass is 9.90. The minimum Gasteiger partial charge on any atom is -0.292 e. The number of benzene rings is 1. The molecule has 3 heteroatoms. The number of likely N-dealkylation sites (tertiary alicyclic amines) is 1. The Morgan fingerprint density at radius 1 is 1.15 bits per heavy atom. The zero-order chi connectivity index (χ0) is 14.8. The molecule has 1 aliphatic heterocycles. The largest absolute Gasteiger partial charge is 0.292 e. The molecule has 1 fully saturated rings. The van der Waals surface area contributed by atoms with E-state index in [1.54, 1.807) is 19.1 Å². The van der Waals surface area contributed by atoms with Crippen molar-refractivity contribution in [2.24, 2.45) is 0 Å². The van der Waals surface area contributed by atoms with E-state index in [1.807, 2.05) is 13.8 Å². The van der Waals surface area contributed by atoms with Gasteiger partial charge in [-0.2, -0.15) is 0 Å². The summed E-state index contributed by atoms with van der Waals surface area (Å²) < 4.78 is 13.3. The van der Waals surface area contributed by atoms with E-state index < -0.39 is 5.54 Å². The van der Waals surface area contributed by atoms with Gasteiger partial charge in [0.15, 0.2) is 5.78 Å². The van der Waals surface area contributed by atoms with Crippen molar-refractivity contribution >= 4 is 5.78 Å². The van der Waals surface area contributed by atoms with Gasteiger partial charge in [-0.05, 0) is 70.5 Å². The van der Waals surface area contributed by atoms with Crippen LogP contribution in [-0.4, -0.2) is 29.3 Å². The van der Waals surface area contributed by atoms with E-state index in [9.17, 15) is 9.18 Å². The van der Waals surface area contributed by atoms with Gasteiger partial charge in [0.25, 0.3) is 0 Å². The van der Waals surface area contributed by atoms with E-state index in [0.717, 1.165) is 25.9 Å². The first-order valence-electron chi connectivity index (χ1n) is 7.49. The molecule has 0 unspecified atom stereocenters. The van der Waals surface area contributed by atoms with Gasteiger partial charge < -0.3 is 0 Å². The summed E-state index contributed by atoms with van der Waals surface area (Å²) >= 11 is 0. The van der Waals surface area contributed by atoms with Gasteiger partial charge in [-0.1, -0.05) is 12.8 Å². The first-order chi connectivity index (χ1) is 9.43. The Labute approximate surface area is 121 Å². The molecule has 0 N–H and O–H groups in total. The number of nitrogens with zero attached hydrogens (tertiary/aromatic N) is 1. The average Bonchev–Trinajstić information content (AvgIpc) is 2.70. The number of carbonyl (C=O) groups is 1. The molecule has 2 nitrogen and oxygen atoms in total. The zero-order valence-electron chi connectivity index (χ0n) is 12.7. The summed E-state index contributed by atoms with van der Waals surface area (Å²) in [6.07, 6.45) is 4.80. The van der Waals surface area contributed by atoms with Crippen LogP contribution >= 0.6 is 0 Å². The second-order valence-electron chi connectivity index (χ2n) is 6.25. The molecule has 0 radical (unpaired) electrons. The molecule has 1 aliphatic rings. The summed E-state index contributed by atoms with van der Waals surface area (Å²) in [5.74, 6) is -0.170. The van der Waals surface area contributed by atoms with Crippen LogP contribution in [0.1, 0.15) is 55.5 Å². The van der Waals surface area contributed by atoms with Crippen molar-refractivity contribution in [3.8, 4) is 0 Å². The third-order valence-electron chi connectivity index (χ3n) is 4.37. The highest BCUT2D eigenvalue weighted by atomic mass is 19.1. The molecular weight excluding hydrogens is 253 g/mol. The van der Waals surface area contributed by atoms with E-state index in [1.165, 1.54) is 18.9 Å². The number of carbonyl (C=O) groups excluding carboxylic acids is 1. The predicted octanol–water partition coefficient (Wildman–Crippen LogP) is 3.97. The SMILES string of the molecule is Cc1cc(C(=O)C(C)(C)N2CCCCCC2)ccc1F. The Morgan fingerprint density at radius 3 is 2.30 bits per heavy atom. The third kappa shape index (κ3) is 3.09. The highest BCUT2D eigenvalue weighted by Gasteiger charge is 2.35. The van der Waals surface area contributed by atoms with Gasteiger partial charge in [0.1, 0.15) is 5.82 Å². The molecule has 0 bridgehead atoms. The molecule has 0 atom stereocenters. The topological polar surface area (TPSA) is 20.3 Å². The Balaban J connectivity index is 2.22. The maximum absolute atomic E-state index is 13.3. The Kier molecular flexibility index (Phi) is 4.59. The van der Waals surface area contributed by atoms with Crippen molar-refractivity contribution < 1.29 is 9.18 Å². The Bertz CT molecular complexity index is 488. The van der Waals surface area contributed by atoms with Gasteiger partial charge in [-0.15, -0.1) is 0 Å². The molecule has 1 saturated heterocycles. The normalized spacial score (nSPS) is 17.8. The zero-order valence-corrected chi connectivity index (χ0v) is 12.7. The van der Waals surface area contributed by atoms with Crippen LogP contribution in [-0.2, 0) is 0 Å². The van der Waals surface area contributed by atoms with E-state index >= 15 is 0 Å². The van der Waals surface area contributed by atoms with Crippen LogP contribution in [0.15, 0.2) is 18.2 Å². The fraction of sp³-hybridized carbons (Fsp3) is 0.588. The maximum atomic E-state index is 13.3. The summed E-state index contributed by atoms with van der Waals surface area (Å²) in [6, 6.07) is 4.66. The molecule has 2 rings (SSSR count). The average molecular weight is 277 g/mol. The Morgan fingerprint density at radius 2 is 1.75 bits per heavy atom. The number of rotatable bonds is 3. The van der Waals surface area contributed by atoms with Gasteiger partial charge in [-0.25, -0.2) is 4.39 Å². The molecule has 1 aromatic rings. The molecule has 110 valence electrons. The number of Topliss-reactive ketones (excluding diaryl/α,β-unsaturated/α-hetero) is 1. The molecule has 1 aromatic carbocycles. The van der Waals surface area contributed by atoms with Crippen LogP contribution in [0.25, 0.3) is 0 Å². The second-order valence-corrected chi connectivity index (χ2v) is 6.25. The second kappa shape index (κ2) is 6.04. The molecule has 0 aliphatic carbocycles. The van der Waals surface area contributed by atoms with Crippen molar-refractivity contribution in [1.82, 2.24) is 4.90 Å². The first kappa shape index (κ1) is 15.2. The molecule has 0 amide bonds. The molecule has 0 spiro atoms. The van der Waals surface area contributed by atoms with Gasteiger partial charge in [-0.3, -0.25) is 9.69 Å². The van der Waals surface area contributed by atoms with Crippen LogP contribution in [0.4, 0.5) is 4.39 Å². The highest BCUT2D eigenvalue weighted by Crippen LogP contribution is 2.25. The van der Waals surface area contributed by atoms with Crippen molar-refractivity contribution in [2.45, 2.75) is 52.0 Å². The smallest absolute Gasteiger partial charge is 0.182 e. The highest BCUT2D eigenvalue weighted by molar-refractivity contribution is 6.02. The van der Waals surface area contributed by atoms with Crippen molar-refractivity contribution in [1.29, 1.82) is 0 Å². The number of halogens is 1. The van der Waals surface area contributed by atoms with Crippen LogP contribution in [0.5, 0.6) is 0 Å². The minimum atomic E-state index is -0.519. The number of hydrogen-bond acceptors (Lipinski definition) is 2. The summed E-state index contributed by atoms with van der Waals surface area (Å²) in [4.78, 5) is 15.1. The van der Waals surface area contributed by atoms with Gasteiger partial charge >= 0.3 is 0 Å². The molecule has 1 heterocycles. The van der Waals surface area contributed by atoms with E-state index in [2.05, 4.69) is 4.90 Å². The first-order valence-corrected chi connectivity index (χ1v) is 7.49. The summed E-state index contributed by atoms with van der Waals surface area (Å²) in [7, 11) is 0. The minimum absolute atomic E-state index is 0.0856. The van der Waals surface area contributed by atoms with Crippen molar-refractivity contribution in [3.63, 3.8) is 0 Å². The fourth-order valence-corrected chi connectivity index (χ4v) is 2.91. The molecular formula is C17H24FNO. The lowest BCUT2D eigenvalue weighted by Crippen LogP contribution is -2.50. The van der Waals surface area contributed by atoms with Gasteiger partial charge in [0, 0.05) is 5.56 Å². The van der Waals surface area contributed by atoms with E-state index in [4.69, 9.17) is 0 Å². The molecule has 0 aromatic heterocycles. The van der Waals surface area contributed by atoms with Gasteiger partial charge in [0.05, 0.1) is 5.54 Å². The predicted molar refractivity (Wildman–Crippen MR) is 79.6 cm³/mol. The number of hydrogen-bond donors (Lipinski definition) is 0. The number of ketones is 1. The number of aryl methyl sites for hydroxylation is 1. The standard InChI is InChI=1S/C17H24FNO/c1-13-12-14(8-9-15(13)18)16(20)17(2,3)19-10-6-4-5-7-11-19/h8-9,12H,4-7,10-11H2,1-3H3. The third-order valence-corrected chi connectivity index (χ3v) is 4.37. The molecule has 20 heavy (non-hydrogen) atoms. The van der Waals surface area contributed by atoms with Crippen LogP contribution in [0.3, 0.4) is 0 Å². The summed E-state index contributed by atoms with van der Waals surface area (Å²) in [5, 5.41) is 0. The van der Waals surface area contributed by atoms with Gasteiger partial charge in [0.2, 0.25) is 0 Å². The summed E-state index contributed by atoms with van der Waals surface area (Å²) in [5.41, 5.74) is 0.620. The van der Waals surface area contributed by atoms with Crippen LogP contribution in [0.2, 0.25) is 0 Å². The van der Waals surface area contributed by atoms with E-state index in [-0.39, 0.29) is 11.6 Å². The quantitative estimate of drug-likeness (QED) is 0.779. The van der Waals surface area contributed by atoms with Crippen LogP contribution in [0, 0.1) is 12.7 Å². The fourth-order valence-electron chi connectivity index (χ4n) is 2.91.